The van der Waals surface area contributed by atoms with E-state index in [1.165, 1.54) is 13.0 Å². The number of hydrogen-bond acceptors (Lipinski definition) is 5. The van der Waals surface area contributed by atoms with E-state index >= 15 is 0 Å². The molecule has 1 aliphatic carbocycles. The van der Waals surface area contributed by atoms with Crippen LogP contribution in [0.15, 0.2) is 11.4 Å². The van der Waals surface area contributed by atoms with Gasteiger partial charge < -0.3 is 37.7 Å². The molecule has 1 amide bonds. The molecular formula is C13H31N4O4P. The van der Waals surface area contributed by atoms with Gasteiger partial charge in [-0.05, 0) is 44.0 Å². The summed E-state index contributed by atoms with van der Waals surface area (Å²) in [5.74, 6) is 0.210. The van der Waals surface area contributed by atoms with Gasteiger partial charge in [0.25, 0.3) is 0 Å². The molecule has 0 aromatic rings. The molecule has 22 heavy (non-hydrogen) atoms. The maximum atomic E-state index is 11.3. The maximum Gasteiger partial charge on any atom is 0.217 e. The molecule has 0 saturated heterocycles. The van der Waals surface area contributed by atoms with Crippen molar-refractivity contribution < 1.29 is 19.1 Å². The number of allylic oxidation sites excluding steroid dienone is 1. The highest BCUT2D eigenvalue weighted by molar-refractivity contribution is 7.53. The summed E-state index contributed by atoms with van der Waals surface area (Å²) in [7, 11) is -4.70. The highest BCUT2D eigenvalue weighted by atomic mass is 31.2. The molecule has 0 heterocycles. The molecule has 0 radical (unpaired) electrons. The zero-order valence-electron chi connectivity index (χ0n) is 14.2. The van der Waals surface area contributed by atoms with E-state index < -0.39 is 13.6 Å². The van der Waals surface area contributed by atoms with Crippen LogP contribution >= 0.6 is 7.60 Å². The fraction of sp³-hybridized carbons (Fsp3) is 0.769. The van der Waals surface area contributed by atoms with Crippen molar-refractivity contribution in [1.82, 2.24) is 17.6 Å². The Morgan fingerprint density at radius 2 is 2.00 bits per heavy atom. The number of hydrogen-bond donors (Lipinski definition) is 4. The molecule has 0 fully saturated rings. The van der Waals surface area contributed by atoms with Crippen LogP contribution in [0.2, 0.25) is 0 Å². The molecule has 3 unspecified atom stereocenters. The predicted octanol–water partition coefficient (Wildman–Crippen LogP) is 0.825. The fourth-order valence-corrected chi connectivity index (χ4v) is 3.48. The Bertz CT molecular complexity index is 436. The van der Waals surface area contributed by atoms with Gasteiger partial charge in [0, 0.05) is 19.0 Å². The summed E-state index contributed by atoms with van der Waals surface area (Å²) in [4.78, 5) is 33.4. The lowest BCUT2D eigenvalue weighted by Crippen LogP contribution is -2.48. The summed E-state index contributed by atoms with van der Waals surface area (Å²) >= 11 is 0. The highest BCUT2D eigenvalue weighted by Gasteiger charge is 2.31. The van der Waals surface area contributed by atoms with Crippen molar-refractivity contribution in [3.63, 3.8) is 0 Å². The number of quaternary nitrogens is 2. The molecule has 1 aliphatic rings. The molecule has 0 bridgehead atoms. The van der Waals surface area contributed by atoms with Gasteiger partial charge >= 0.3 is 0 Å². The summed E-state index contributed by atoms with van der Waals surface area (Å²) in [6.07, 6.45) is 2.70. The molecule has 0 aromatic carbocycles. The van der Waals surface area contributed by atoms with Gasteiger partial charge in [-0.3, -0.25) is 4.79 Å². The average Bonchev–Trinajstić information content (AvgIpc) is 2.25. The van der Waals surface area contributed by atoms with E-state index in [0.717, 1.165) is 6.42 Å². The van der Waals surface area contributed by atoms with Crippen LogP contribution in [0.4, 0.5) is 0 Å². The first kappa shape index (κ1) is 23.5. The third-order valence-electron chi connectivity index (χ3n) is 3.60. The molecule has 3 atom stereocenters. The lowest BCUT2D eigenvalue weighted by molar-refractivity contribution is -0.310. The summed E-state index contributed by atoms with van der Waals surface area (Å²) in [6.45, 7) is 5.55. The minimum Gasteiger partial charge on any atom is -0.808 e. The number of nitrogens with two attached hydrogens (primary N) is 1. The molecule has 0 spiro atoms. The van der Waals surface area contributed by atoms with Crippen molar-refractivity contribution in [2.75, 3.05) is 0 Å². The quantitative estimate of drug-likeness (QED) is 0.538. The first-order valence-corrected chi connectivity index (χ1v) is 8.39. The first-order chi connectivity index (χ1) is 9.11. The minimum atomic E-state index is -4.70. The summed E-state index contributed by atoms with van der Waals surface area (Å²) in [5.41, 5.74) is 6.03. The van der Waals surface area contributed by atoms with Gasteiger partial charge in [-0.2, -0.15) is 0 Å². The lowest BCUT2D eigenvalue weighted by atomic mass is 9.80. The molecule has 132 valence electrons. The van der Waals surface area contributed by atoms with E-state index in [1.54, 1.807) is 0 Å². The van der Waals surface area contributed by atoms with Crippen LogP contribution in [0.1, 0.15) is 40.0 Å². The predicted molar refractivity (Wildman–Crippen MR) is 85.4 cm³/mol. The van der Waals surface area contributed by atoms with E-state index in [0.29, 0.717) is 12.3 Å². The second-order valence-electron chi connectivity index (χ2n) is 5.90. The van der Waals surface area contributed by atoms with Crippen LogP contribution in [0.3, 0.4) is 0 Å². The van der Waals surface area contributed by atoms with E-state index in [1.807, 2.05) is 13.8 Å². The van der Waals surface area contributed by atoms with Crippen molar-refractivity contribution in [1.29, 1.82) is 0 Å². The number of rotatable bonds is 5. The number of nitrogens with one attached hydrogen (secondary N) is 1. The molecular weight excluding hydrogens is 307 g/mol. The third-order valence-corrected chi connectivity index (χ3v) is 4.67. The maximum absolute atomic E-state index is 11.3. The van der Waals surface area contributed by atoms with E-state index in [9.17, 15) is 19.1 Å². The van der Waals surface area contributed by atoms with Crippen molar-refractivity contribution in [3.05, 3.63) is 11.4 Å². The first-order valence-electron chi connectivity index (χ1n) is 6.85. The molecule has 0 aliphatic heterocycles. The van der Waals surface area contributed by atoms with Gasteiger partial charge in [-0.25, -0.2) is 0 Å². The molecule has 1 rings (SSSR count). The molecule has 8 nitrogen and oxygen atoms in total. The van der Waals surface area contributed by atoms with Crippen molar-refractivity contribution >= 4 is 13.5 Å². The summed E-state index contributed by atoms with van der Waals surface area (Å²) in [5, 5.41) is 2.79. The lowest BCUT2D eigenvalue weighted by Gasteiger charge is -2.41. The highest BCUT2D eigenvalue weighted by Crippen LogP contribution is 2.43. The zero-order chi connectivity index (χ0) is 15.5. The van der Waals surface area contributed by atoms with E-state index in [2.05, 4.69) is 5.32 Å². The summed E-state index contributed by atoms with van der Waals surface area (Å²) in [6, 6.07) is -0.528. The molecule has 9 heteroatoms. The van der Waals surface area contributed by atoms with Gasteiger partial charge in [0.1, 0.15) is 0 Å². The number of amides is 1. The smallest absolute Gasteiger partial charge is 0.217 e. The van der Waals surface area contributed by atoms with Crippen LogP contribution in [0, 0.1) is 11.8 Å². The van der Waals surface area contributed by atoms with Gasteiger partial charge in [0.2, 0.25) is 5.91 Å². The molecule has 0 aromatic heterocycles. The largest absolute Gasteiger partial charge is 0.808 e. The summed E-state index contributed by atoms with van der Waals surface area (Å²) < 4.78 is 11.0. The second-order valence-corrected chi connectivity index (χ2v) is 7.47. The Morgan fingerprint density at radius 1 is 1.45 bits per heavy atom. The van der Waals surface area contributed by atoms with Crippen molar-refractivity contribution in [3.8, 4) is 0 Å². The van der Waals surface area contributed by atoms with Crippen LogP contribution in [0.5, 0.6) is 0 Å². The van der Waals surface area contributed by atoms with Crippen LogP contribution in [0.25, 0.3) is 0 Å². The van der Waals surface area contributed by atoms with E-state index in [4.69, 9.17) is 5.73 Å². The number of carbonyl (C=O) groups excluding carboxylic acids is 1. The second kappa shape index (κ2) is 9.39. The minimum absolute atomic E-state index is 0. The third kappa shape index (κ3) is 7.00. The Morgan fingerprint density at radius 3 is 2.36 bits per heavy atom. The van der Waals surface area contributed by atoms with Gasteiger partial charge in [-0.15, -0.1) is 0 Å². The molecule has 11 N–H and O–H groups in total. The van der Waals surface area contributed by atoms with Gasteiger partial charge in [-0.1, -0.05) is 19.9 Å². The normalized spacial score (nSPS) is 23.0. The van der Waals surface area contributed by atoms with Gasteiger partial charge in [0.05, 0.1) is 0 Å². The number of carbonyl (C=O) groups is 1. The average molecular weight is 338 g/mol. The standard InChI is InChI=1S/C13H25N2O4P.2H3N/c1-8(2)6-13(15-9(3)16)11-5-4-10(7-12(11)14)20(17,18)19;;/h4,8,11-13H,5-7,14H2,1-3H3,(H,15,16)(H2,17,18,19);2*1H3. The fourth-order valence-electron chi connectivity index (χ4n) is 2.72. The Balaban J connectivity index is 0. The van der Waals surface area contributed by atoms with Crippen LogP contribution < -0.4 is 33.1 Å². The Kier molecular flexibility index (Phi) is 10.0. The Hall–Kier alpha value is -0.760. The van der Waals surface area contributed by atoms with Crippen LogP contribution in [-0.2, 0) is 9.36 Å². The monoisotopic (exact) mass is 338 g/mol. The molecule has 0 saturated carbocycles. The zero-order valence-corrected chi connectivity index (χ0v) is 15.1. The van der Waals surface area contributed by atoms with Crippen LogP contribution in [-0.4, -0.2) is 18.0 Å². The van der Waals surface area contributed by atoms with Crippen molar-refractivity contribution in [2.45, 2.75) is 52.1 Å². The van der Waals surface area contributed by atoms with Crippen molar-refractivity contribution in [2.24, 2.45) is 17.6 Å². The topological polar surface area (TPSA) is 191 Å². The van der Waals surface area contributed by atoms with Gasteiger partial charge in [0.15, 0.2) is 0 Å². The SMILES string of the molecule is CC(=O)NC(CC(C)C)C1CC=C(P(=O)([O-])[O-])CC1N.[NH4+].[NH4+]. The van der Waals surface area contributed by atoms with E-state index in [-0.39, 0.29) is 41.9 Å². The Labute approximate surface area is 132 Å².